The van der Waals surface area contributed by atoms with E-state index < -0.39 is 11.9 Å². The number of amidine groups is 1. The van der Waals surface area contributed by atoms with Gasteiger partial charge < -0.3 is 19.7 Å². The lowest BCUT2D eigenvalue weighted by Crippen LogP contribution is -2.30. The summed E-state index contributed by atoms with van der Waals surface area (Å²) in [5.41, 5.74) is 0.598. The summed E-state index contributed by atoms with van der Waals surface area (Å²) in [7, 11) is 1.57. The molecule has 0 aliphatic carbocycles. The summed E-state index contributed by atoms with van der Waals surface area (Å²) < 4.78 is 28.1. The van der Waals surface area contributed by atoms with Gasteiger partial charge in [0.1, 0.15) is 12.4 Å². The number of rotatable bonds is 8. The molecule has 0 aliphatic heterocycles. The number of nitrogens with zero attached hydrogens (tertiary/aromatic N) is 3. The number of benzene rings is 1. The third kappa shape index (κ3) is 5.90. The van der Waals surface area contributed by atoms with E-state index in [0.717, 1.165) is 0 Å². The van der Waals surface area contributed by atoms with Crippen molar-refractivity contribution in [3.05, 3.63) is 40.4 Å². The standard InChI is InChI=1S/C16H19ClFN5O4/c1-3-25-7-6-23(2)16(24)26-9-13-14(22-27-21-13)15(19)20-10-4-5-12(18)11(17)8-10/h4-5,8H,3,6-7,9H2,1-2H3,(H2,19,20). The minimum absolute atomic E-state index is 0.0558. The molecule has 0 fully saturated rings. The zero-order valence-electron chi connectivity index (χ0n) is 14.8. The fourth-order valence-corrected chi connectivity index (χ4v) is 2.13. The van der Waals surface area contributed by atoms with Crippen LogP contribution in [0.5, 0.6) is 0 Å². The number of hydrogen-bond donors (Lipinski definition) is 2. The largest absolute Gasteiger partial charge is 0.443 e. The molecule has 0 saturated heterocycles. The molecule has 1 aromatic heterocycles. The zero-order valence-corrected chi connectivity index (χ0v) is 15.5. The third-order valence-electron chi connectivity index (χ3n) is 3.40. The smallest absolute Gasteiger partial charge is 0.409 e. The summed E-state index contributed by atoms with van der Waals surface area (Å²) in [6.07, 6.45) is -0.576. The van der Waals surface area contributed by atoms with Gasteiger partial charge in [0.05, 0.1) is 11.6 Å². The van der Waals surface area contributed by atoms with Crippen LogP contribution in [0.2, 0.25) is 5.02 Å². The van der Waals surface area contributed by atoms with Crippen LogP contribution in [0, 0.1) is 11.2 Å². The Morgan fingerprint density at radius 2 is 2.22 bits per heavy atom. The van der Waals surface area contributed by atoms with Crippen molar-refractivity contribution in [2.75, 3.05) is 32.1 Å². The molecule has 2 rings (SSSR count). The van der Waals surface area contributed by atoms with Crippen molar-refractivity contribution in [1.82, 2.24) is 15.2 Å². The predicted octanol–water partition coefficient (Wildman–Crippen LogP) is 2.90. The van der Waals surface area contributed by atoms with E-state index in [1.165, 1.54) is 23.1 Å². The fourth-order valence-electron chi connectivity index (χ4n) is 1.95. The molecule has 146 valence electrons. The number of ether oxygens (including phenoxy) is 2. The highest BCUT2D eigenvalue weighted by atomic mass is 35.5. The van der Waals surface area contributed by atoms with Crippen LogP contribution in [0.3, 0.4) is 0 Å². The van der Waals surface area contributed by atoms with E-state index in [-0.39, 0.29) is 28.9 Å². The van der Waals surface area contributed by atoms with Gasteiger partial charge >= 0.3 is 6.09 Å². The first-order chi connectivity index (χ1) is 12.9. The Hall–Kier alpha value is -2.72. The quantitative estimate of drug-likeness (QED) is 0.398. The Morgan fingerprint density at radius 3 is 2.93 bits per heavy atom. The predicted molar refractivity (Wildman–Crippen MR) is 95.5 cm³/mol. The highest BCUT2D eigenvalue weighted by Gasteiger charge is 2.18. The molecule has 0 bridgehead atoms. The number of nitrogens with one attached hydrogen (secondary N) is 2. The highest BCUT2D eigenvalue weighted by Crippen LogP contribution is 2.20. The van der Waals surface area contributed by atoms with E-state index in [9.17, 15) is 9.18 Å². The third-order valence-corrected chi connectivity index (χ3v) is 3.69. The maximum atomic E-state index is 13.2. The van der Waals surface area contributed by atoms with Gasteiger partial charge in [-0.2, -0.15) is 0 Å². The first kappa shape index (κ1) is 20.6. The minimum atomic E-state index is -0.576. The van der Waals surface area contributed by atoms with Crippen LogP contribution in [0.15, 0.2) is 22.8 Å². The molecule has 0 saturated carbocycles. The van der Waals surface area contributed by atoms with Gasteiger partial charge in [0.25, 0.3) is 0 Å². The first-order valence-electron chi connectivity index (χ1n) is 8.00. The highest BCUT2D eigenvalue weighted by molar-refractivity contribution is 6.31. The van der Waals surface area contributed by atoms with Crippen LogP contribution >= 0.6 is 11.6 Å². The molecule has 11 heteroatoms. The molecule has 1 amide bonds. The second kappa shape index (κ2) is 9.83. The molecular formula is C16H19ClFN5O4. The number of likely N-dealkylation sites (N-methyl/N-ethyl adjacent to an activating group) is 1. The molecular weight excluding hydrogens is 381 g/mol. The molecule has 0 radical (unpaired) electrons. The number of carbonyl (C=O) groups excluding carboxylic acids is 1. The average molecular weight is 400 g/mol. The number of hydrogen-bond acceptors (Lipinski definition) is 7. The summed E-state index contributed by atoms with van der Waals surface area (Å²) >= 11 is 5.71. The van der Waals surface area contributed by atoms with Gasteiger partial charge in [0, 0.05) is 25.9 Å². The van der Waals surface area contributed by atoms with Crippen molar-refractivity contribution in [2.45, 2.75) is 13.5 Å². The summed E-state index contributed by atoms with van der Waals surface area (Å²) in [5.74, 6) is -0.743. The van der Waals surface area contributed by atoms with Crippen molar-refractivity contribution < 1.29 is 23.3 Å². The van der Waals surface area contributed by atoms with E-state index in [2.05, 4.69) is 20.3 Å². The zero-order chi connectivity index (χ0) is 19.8. The number of amides is 1. The number of aromatic nitrogens is 2. The van der Waals surface area contributed by atoms with E-state index in [1.807, 2.05) is 6.92 Å². The summed E-state index contributed by atoms with van der Waals surface area (Å²) in [5, 5.41) is 17.9. The normalized spacial score (nSPS) is 10.5. The van der Waals surface area contributed by atoms with E-state index in [0.29, 0.717) is 25.4 Å². The summed E-state index contributed by atoms with van der Waals surface area (Å²) in [6, 6.07) is 3.90. The van der Waals surface area contributed by atoms with Crippen molar-refractivity contribution in [2.24, 2.45) is 0 Å². The Labute approximate surface area is 159 Å². The second-order valence-corrected chi connectivity index (χ2v) is 5.77. The van der Waals surface area contributed by atoms with Crippen LogP contribution < -0.4 is 5.32 Å². The lowest BCUT2D eigenvalue weighted by molar-refractivity contribution is 0.0819. The van der Waals surface area contributed by atoms with Crippen molar-refractivity contribution in [3.8, 4) is 0 Å². The van der Waals surface area contributed by atoms with E-state index >= 15 is 0 Å². The van der Waals surface area contributed by atoms with Crippen molar-refractivity contribution >= 4 is 29.2 Å². The summed E-state index contributed by atoms with van der Waals surface area (Å²) in [6.45, 7) is 2.96. The number of carbonyl (C=O) groups is 1. The van der Waals surface area contributed by atoms with Gasteiger partial charge in [-0.25, -0.2) is 13.8 Å². The fraction of sp³-hybridized carbons (Fsp3) is 0.375. The van der Waals surface area contributed by atoms with Crippen LogP contribution in [-0.4, -0.2) is 53.9 Å². The molecule has 9 nitrogen and oxygen atoms in total. The second-order valence-electron chi connectivity index (χ2n) is 5.36. The topological polar surface area (TPSA) is 114 Å². The van der Waals surface area contributed by atoms with Gasteiger partial charge in [-0.15, -0.1) is 0 Å². The molecule has 2 N–H and O–H groups in total. The molecule has 0 unspecified atom stereocenters. The molecule has 0 spiro atoms. The first-order valence-corrected chi connectivity index (χ1v) is 8.38. The minimum Gasteiger partial charge on any atom is -0.443 e. The molecule has 0 aliphatic rings. The molecule has 27 heavy (non-hydrogen) atoms. The lowest BCUT2D eigenvalue weighted by atomic mass is 10.2. The summed E-state index contributed by atoms with van der Waals surface area (Å²) in [4.78, 5) is 13.3. The Balaban J connectivity index is 1.93. The Kier molecular flexibility index (Phi) is 7.50. The Bertz CT molecular complexity index is 801. The van der Waals surface area contributed by atoms with Crippen LogP contribution in [0.1, 0.15) is 18.3 Å². The van der Waals surface area contributed by atoms with Gasteiger partial charge in [-0.05, 0) is 30.3 Å². The maximum absolute atomic E-state index is 13.2. The Morgan fingerprint density at radius 1 is 1.44 bits per heavy atom. The molecule has 1 heterocycles. The van der Waals surface area contributed by atoms with Crippen LogP contribution in [0.4, 0.5) is 14.9 Å². The van der Waals surface area contributed by atoms with Gasteiger partial charge in [-0.1, -0.05) is 16.8 Å². The van der Waals surface area contributed by atoms with Gasteiger partial charge in [0.15, 0.2) is 17.2 Å². The lowest BCUT2D eigenvalue weighted by Gasteiger charge is -2.16. The van der Waals surface area contributed by atoms with Crippen LogP contribution in [-0.2, 0) is 16.1 Å². The molecule has 0 atom stereocenters. The van der Waals surface area contributed by atoms with Gasteiger partial charge in [0.2, 0.25) is 0 Å². The van der Waals surface area contributed by atoms with E-state index in [4.69, 9.17) is 26.5 Å². The molecule has 1 aromatic carbocycles. The maximum Gasteiger partial charge on any atom is 0.409 e. The van der Waals surface area contributed by atoms with Crippen LogP contribution in [0.25, 0.3) is 0 Å². The molecule has 2 aromatic rings. The number of anilines is 1. The van der Waals surface area contributed by atoms with Crippen molar-refractivity contribution in [3.63, 3.8) is 0 Å². The van der Waals surface area contributed by atoms with Gasteiger partial charge in [-0.3, -0.25) is 5.41 Å². The van der Waals surface area contributed by atoms with Crippen molar-refractivity contribution in [1.29, 1.82) is 5.41 Å². The monoisotopic (exact) mass is 399 g/mol. The number of halogens is 2. The SMILES string of the molecule is CCOCCN(C)C(=O)OCc1nonc1C(=N)Nc1ccc(F)c(Cl)c1. The van der Waals surface area contributed by atoms with E-state index in [1.54, 1.807) is 7.05 Å². The average Bonchev–Trinajstić information content (AvgIpc) is 3.11.